The number of anilines is 1. The summed E-state index contributed by atoms with van der Waals surface area (Å²) >= 11 is 0. The van der Waals surface area contributed by atoms with Gasteiger partial charge in [-0.3, -0.25) is 19.7 Å². The van der Waals surface area contributed by atoms with E-state index in [0.29, 0.717) is 5.75 Å². The molecule has 0 bridgehead atoms. The van der Waals surface area contributed by atoms with Crippen molar-refractivity contribution in [2.45, 2.75) is 13.8 Å². The molecule has 0 fully saturated rings. The zero-order valence-electron chi connectivity index (χ0n) is 18.6. The van der Waals surface area contributed by atoms with Crippen LogP contribution in [0.2, 0.25) is 0 Å². The monoisotopic (exact) mass is 462 g/mol. The summed E-state index contributed by atoms with van der Waals surface area (Å²) in [5.41, 5.74) is 2.44. The Morgan fingerprint density at radius 2 is 1.62 bits per heavy atom. The number of nitro benzene ring substituents is 1. The smallest absolute Gasteiger partial charge is 0.340 e. The van der Waals surface area contributed by atoms with Crippen LogP contribution in [-0.4, -0.2) is 35.8 Å². The number of hydrogen-bond acceptors (Lipinski definition) is 7. The van der Waals surface area contributed by atoms with Crippen molar-refractivity contribution in [1.82, 2.24) is 0 Å². The van der Waals surface area contributed by atoms with Crippen molar-refractivity contribution >= 4 is 29.0 Å². The topological polar surface area (TPSA) is 125 Å². The standard InChI is InChI=1S/C25H22N2O7/c1-16-7-12-20(13-17(16)2)33-15-24(29)26-22-6-4-3-5-21(22)25(30)34-14-23(28)18-8-10-19(11-9-18)27(31)32/h3-13H,14-15H2,1-2H3,(H,26,29). The number of ether oxygens (including phenoxy) is 2. The average Bonchev–Trinajstić information content (AvgIpc) is 2.83. The van der Waals surface area contributed by atoms with Gasteiger partial charge in [-0.2, -0.15) is 0 Å². The van der Waals surface area contributed by atoms with E-state index in [0.717, 1.165) is 11.1 Å². The third-order valence-electron chi connectivity index (χ3n) is 5.00. The molecule has 0 heterocycles. The summed E-state index contributed by atoms with van der Waals surface area (Å²) in [6.07, 6.45) is 0. The van der Waals surface area contributed by atoms with Crippen molar-refractivity contribution in [3.8, 4) is 5.75 Å². The maximum atomic E-state index is 12.5. The minimum Gasteiger partial charge on any atom is -0.484 e. The number of Topliss-reactive ketones (excluding diaryl/α,β-unsaturated/α-hetero) is 1. The maximum absolute atomic E-state index is 12.5. The van der Waals surface area contributed by atoms with Crippen molar-refractivity contribution in [3.63, 3.8) is 0 Å². The molecule has 0 saturated carbocycles. The summed E-state index contributed by atoms with van der Waals surface area (Å²) in [7, 11) is 0. The zero-order chi connectivity index (χ0) is 24.7. The van der Waals surface area contributed by atoms with Crippen molar-refractivity contribution in [3.05, 3.63) is 99.1 Å². The first-order valence-corrected chi connectivity index (χ1v) is 10.3. The Morgan fingerprint density at radius 3 is 2.29 bits per heavy atom. The summed E-state index contributed by atoms with van der Waals surface area (Å²) < 4.78 is 10.6. The van der Waals surface area contributed by atoms with Crippen LogP contribution in [0, 0.1) is 24.0 Å². The molecule has 9 nitrogen and oxygen atoms in total. The predicted octanol–water partition coefficient (Wildman–Crippen LogP) is 4.27. The summed E-state index contributed by atoms with van der Waals surface area (Å²) in [5, 5.41) is 13.3. The molecule has 3 rings (SSSR count). The number of esters is 1. The van der Waals surface area contributed by atoms with Crippen molar-refractivity contribution in [2.75, 3.05) is 18.5 Å². The maximum Gasteiger partial charge on any atom is 0.340 e. The van der Waals surface area contributed by atoms with Crippen LogP contribution in [0.5, 0.6) is 5.75 Å². The SMILES string of the molecule is Cc1ccc(OCC(=O)Nc2ccccc2C(=O)OCC(=O)c2ccc([N+](=O)[O-])cc2)cc1C. The number of aryl methyl sites for hydroxylation is 2. The Morgan fingerprint density at radius 1 is 0.912 bits per heavy atom. The number of amides is 1. The number of ketones is 1. The summed E-state index contributed by atoms with van der Waals surface area (Å²) in [4.78, 5) is 47.3. The predicted molar refractivity (Wildman–Crippen MR) is 124 cm³/mol. The summed E-state index contributed by atoms with van der Waals surface area (Å²) in [6.45, 7) is 3.09. The molecular formula is C25H22N2O7. The second kappa shape index (κ2) is 10.9. The molecule has 34 heavy (non-hydrogen) atoms. The van der Waals surface area contributed by atoms with Crippen LogP contribution in [0.3, 0.4) is 0 Å². The van der Waals surface area contributed by atoms with Crippen LogP contribution < -0.4 is 10.1 Å². The fourth-order valence-electron chi connectivity index (χ4n) is 2.97. The zero-order valence-corrected chi connectivity index (χ0v) is 18.6. The van der Waals surface area contributed by atoms with Crippen LogP contribution in [-0.2, 0) is 9.53 Å². The molecule has 1 N–H and O–H groups in total. The lowest BCUT2D eigenvalue weighted by molar-refractivity contribution is -0.384. The van der Waals surface area contributed by atoms with E-state index in [1.54, 1.807) is 18.2 Å². The highest BCUT2D eigenvalue weighted by Gasteiger charge is 2.17. The van der Waals surface area contributed by atoms with Crippen LogP contribution in [0.1, 0.15) is 31.8 Å². The van der Waals surface area contributed by atoms with E-state index in [4.69, 9.17) is 9.47 Å². The molecule has 0 aliphatic rings. The molecule has 1 amide bonds. The average molecular weight is 462 g/mol. The lowest BCUT2D eigenvalue weighted by atomic mass is 10.1. The normalized spacial score (nSPS) is 10.3. The van der Waals surface area contributed by atoms with Gasteiger partial charge in [0.2, 0.25) is 0 Å². The molecule has 0 atom stereocenters. The number of rotatable bonds is 9. The first-order chi connectivity index (χ1) is 16.2. The molecule has 0 aliphatic carbocycles. The van der Waals surface area contributed by atoms with E-state index in [-0.39, 0.29) is 29.1 Å². The number of benzene rings is 3. The van der Waals surface area contributed by atoms with Crippen LogP contribution >= 0.6 is 0 Å². The van der Waals surface area contributed by atoms with Gasteiger partial charge in [-0.25, -0.2) is 4.79 Å². The Hall–Kier alpha value is -4.53. The minimum atomic E-state index is -0.804. The first-order valence-electron chi connectivity index (χ1n) is 10.3. The molecule has 0 saturated heterocycles. The van der Waals surface area contributed by atoms with Crippen LogP contribution in [0.15, 0.2) is 66.7 Å². The summed E-state index contributed by atoms with van der Waals surface area (Å²) in [6, 6.07) is 16.7. The van der Waals surface area contributed by atoms with Gasteiger partial charge in [0, 0.05) is 17.7 Å². The lowest BCUT2D eigenvalue weighted by Gasteiger charge is -2.12. The van der Waals surface area contributed by atoms with E-state index < -0.39 is 29.2 Å². The lowest BCUT2D eigenvalue weighted by Crippen LogP contribution is -2.22. The molecule has 0 unspecified atom stereocenters. The highest BCUT2D eigenvalue weighted by molar-refractivity contribution is 6.03. The molecule has 0 aliphatic heterocycles. The number of para-hydroxylation sites is 1. The number of non-ortho nitro benzene ring substituents is 1. The Bertz CT molecular complexity index is 1240. The van der Waals surface area contributed by atoms with E-state index in [9.17, 15) is 24.5 Å². The van der Waals surface area contributed by atoms with Gasteiger partial charge in [0.1, 0.15) is 5.75 Å². The van der Waals surface area contributed by atoms with E-state index >= 15 is 0 Å². The van der Waals surface area contributed by atoms with Gasteiger partial charge in [0.25, 0.3) is 11.6 Å². The number of carbonyl (C=O) groups is 3. The fraction of sp³-hybridized carbons (Fsp3) is 0.160. The number of nitrogens with zero attached hydrogens (tertiary/aromatic N) is 1. The van der Waals surface area contributed by atoms with Crippen LogP contribution in [0.4, 0.5) is 11.4 Å². The van der Waals surface area contributed by atoms with Gasteiger partial charge in [-0.05, 0) is 61.4 Å². The van der Waals surface area contributed by atoms with Crippen molar-refractivity contribution < 1.29 is 28.8 Å². The first kappa shape index (κ1) is 24.1. The third kappa shape index (κ3) is 6.26. The minimum absolute atomic E-state index is 0.0681. The van der Waals surface area contributed by atoms with Crippen molar-refractivity contribution in [1.29, 1.82) is 0 Å². The second-order valence-electron chi connectivity index (χ2n) is 7.43. The molecule has 3 aromatic rings. The molecule has 174 valence electrons. The van der Waals surface area contributed by atoms with E-state index in [2.05, 4.69) is 5.32 Å². The van der Waals surface area contributed by atoms with Gasteiger partial charge >= 0.3 is 5.97 Å². The molecule has 9 heteroatoms. The van der Waals surface area contributed by atoms with Gasteiger partial charge in [-0.1, -0.05) is 18.2 Å². The second-order valence-corrected chi connectivity index (χ2v) is 7.43. The Kier molecular flexibility index (Phi) is 7.71. The third-order valence-corrected chi connectivity index (χ3v) is 5.00. The van der Waals surface area contributed by atoms with E-state index in [1.165, 1.54) is 36.4 Å². The highest BCUT2D eigenvalue weighted by Crippen LogP contribution is 2.19. The Labute approximate surface area is 195 Å². The largest absolute Gasteiger partial charge is 0.484 e. The van der Waals surface area contributed by atoms with Gasteiger partial charge in [0.15, 0.2) is 19.0 Å². The fourth-order valence-corrected chi connectivity index (χ4v) is 2.97. The number of carbonyl (C=O) groups excluding carboxylic acids is 3. The highest BCUT2D eigenvalue weighted by atomic mass is 16.6. The molecule has 3 aromatic carbocycles. The Balaban J connectivity index is 1.58. The number of nitrogens with one attached hydrogen (secondary N) is 1. The van der Waals surface area contributed by atoms with Crippen molar-refractivity contribution in [2.24, 2.45) is 0 Å². The van der Waals surface area contributed by atoms with Crippen LogP contribution in [0.25, 0.3) is 0 Å². The molecule has 0 radical (unpaired) electrons. The van der Waals surface area contributed by atoms with Gasteiger partial charge < -0.3 is 14.8 Å². The molecule has 0 spiro atoms. The van der Waals surface area contributed by atoms with E-state index in [1.807, 2.05) is 26.0 Å². The summed E-state index contributed by atoms with van der Waals surface area (Å²) in [5.74, 6) is -1.25. The number of hydrogen-bond donors (Lipinski definition) is 1. The molecule has 0 aromatic heterocycles. The van der Waals surface area contributed by atoms with Gasteiger partial charge in [-0.15, -0.1) is 0 Å². The molecular weight excluding hydrogens is 440 g/mol. The quantitative estimate of drug-likeness (QED) is 0.218. The van der Waals surface area contributed by atoms with Gasteiger partial charge in [0.05, 0.1) is 16.2 Å². The number of nitro groups is 1.